The minimum atomic E-state index is -2.09. The van der Waals surface area contributed by atoms with Gasteiger partial charge in [0.25, 0.3) is 0 Å². The van der Waals surface area contributed by atoms with E-state index in [-0.39, 0.29) is 0 Å². The molecule has 0 bridgehead atoms. The van der Waals surface area contributed by atoms with Crippen molar-refractivity contribution in [2.45, 2.75) is 12.1 Å². The minimum absolute atomic E-state index is 0.453. The average Bonchev–Trinajstić information content (AvgIpc) is 1.79. The molecule has 9 heavy (non-hydrogen) atoms. The Kier molecular flexibility index (Phi) is 1.04. The number of ether oxygens (including phenoxy) is 1. The number of nitrogens with two attached hydrogens (primary N) is 1. The van der Waals surface area contributed by atoms with Gasteiger partial charge >= 0.3 is 11.9 Å². The smallest absolute Gasteiger partial charge is 0.361 e. The maximum Gasteiger partial charge on any atom is 0.361 e. The molecule has 1 atom stereocenters. The van der Waals surface area contributed by atoms with Crippen LogP contribution in [-0.2, 0) is 14.3 Å². The summed E-state index contributed by atoms with van der Waals surface area (Å²) < 4.78 is 3.92. The van der Waals surface area contributed by atoms with Gasteiger partial charge in [-0.25, -0.2) is 4.79 Å². The number of hydrogen-bond donors (Lipinski definition) is 2. The molecule has 1 fully saturated rings. The van der Waals surface area contributed by atoms with Crippen LogP contribution in [0, 0.1) is 0 Å². The zero-order valence-electron chi connectivity index (χ0n) is 4.46. The third-order valence-corrected chi connectivity index (χ3v) is 0.974. The third kappa shape index (κ3) is 0.914. The van der Waals surface area contributed by atoms with Crippen molar-refractivity contribution in [2.24, 2.45) is 5.73 Å². The summed E-state index contributed by atoms with van der Waals surface area (Å²) in [7, 11) is 0. The van der Waals surface area contributed by atoms with E-state index < -0.39 is 24.1 Å². The Morgan fingerprint density at radius 2 is 2.22 bits per heavy atom. The van der Waals surface area contributed by atoms with Crippen LogP contribution in [-0.4, -0.2) is 22.8 Å². The highest BCUT2D eigenvalue weighted by Crippen LogP contribution is 2.14. The topological polar surface area (TPSA) is 89.6 Å². The molecule has 5 nitrogen and oxygen atoms in total. The van der Waals surface area contributed by atoms with E-state index in [2.05, 4.69) is 4.74 Å². The fourth-order valence-electron chi connectivity index (χ4n) is 0.520. The Bertz CT molecular complexity index is 173. The first kappa shape index (κ1) is 6.18. The summed E-state index contributed by atoms with van der Waals surface area (Å²) >= 11 is 0. The second-order valence-electron chi connectivity index (χ2n) is 1.86. The Morgan fingerprint density at radius 1 is 1.67 bits per heavy atom. The molecule has 0 aromatic heterocycles. The Morgan fingerprint density at radius 3 is 2.33 bits per heavy atom. The molecule has 5 heteroatoms. The van der Waals surface area contributed by atoms with Crippen LogP contribution in [0.3, 0.4) is 0 Å². The van der Waals surface area contributed by atoms with Gasteiger partial charge in [0.1, 0.15) is 0 Å². The minimum Gasteiger partial charge on any atom is -0.390 e. The number of hydrogen-bond acceptors (Lipinski definition) is 5. The molecular weight excluding hydrogens is 126 g/mol. The molecule has 0 aromatic rings. The molecule has 0 saturated carbocycles. The van der Waals surface area contributed by atoms with Crippen LogP contribution in [0.15, 0.2) is 0 Å². The van der Waals surface area contributed by atoms with E-state index in [9.17, 15) is 9.59 Å². The van der Waals surface area contributed by atoms with E-state index >= 15 is 0 Å². The standard InChI is InChI=1S/C4H5NO4/c5-4(8)1-2(6)9-3(4)7/h8H,1,5H2. The Labute approximate surface area is 50.4 Å². The lowest BCUT2D eigenvalue weighted by Crippen LogP contribution is -2.43. The van der Waals surface area contributed by atoms with Crippen molar-refractivity contribution in [3.8, 4) is 0 Å². The molecule has 50 valence electrons. The molecule has 1 saturated heterocycles. The van der Waals surface area contributed by atoms with Gasteiger partial charge in [0.05, 0.1) is 6.42 Å². The number of cyclic esters (lactones) is 2. The maximum atomic E-state index is 10.3. The number of carbonyl (C=O) groups is 2. The van der Waals surface area contributed by atoms with Gasteiger partial charge in [0, 0.05) is 0 Å². The van der Waals surface area contributed by atoms with Crippen LogP contribution in [0.4, 0.5) is 0 Å². The Balaban J connectivity index is 2.81. The zero-order chi connectivity index (χ0) is 7.07. The van der Waals surface area contributed by atoms with E-state index in [1.54, 1.807) is 0 Å². The quantitative estimate of drug-likeness (QED) is 0.228. The lowest BCUT2D eigenvalue weighted by atomic mass is 10.2. The normalized spacial score (nSPS) is 34.9. The summed E-state index contributed by atoms with van der Waals surface area (Å²) in [5, 5.41) is 8.72. The van der Waals surface area contributed by atoms with Crippen molar-refractivity contribution in [3.05, 3.63) is 0 Å². The first-order chi connectivity index (χ1) is 4.02. The van der Waals surface area contributed by atoms with Crippen molar-refractivity contribution in [3.63, 3.8) is 0 Å². The van der Waals surface area contributed by atoms with Crippen LogP contribution >= 0.6 is 0 Å². The molecule has 3 N–H and O–H groups in total. The van der Waals surface area contributed by atoms with E-state index in [1.807, 2.05) is 0 Å². The van der Waals surface area contributed by atoms with Gasteiger partial charge in [-0.15, -0.1) is 0 Å². The average molecular weight is 131 g/mol. The number of esters is 2. The molecule has 0 aliphatic carbocycles. The van der Waals surface area contributed by atoms with Gasteiger partial charge in [0.15, 0.2) is 0 Å². The highest BCUT2D eigenvalue weighted by molar-refractivity contribution is 5.98. The summed E-state index contributed by atoms with van der Waals surface area (Å²) in [4.78, 5) is 20.5. The van der Waals surface area contributed by atoms with Gasteiger partial charge < -0.3 is 9.84 Å². The lowest BCUT2D eigenvalue weighted by Gasteiger charge is -2.05. The third-order valence-electron chi connectivity index (χ3n) is 0.974. The fraction of sp³-hybridized carbons (Fsp3) is 0.500. The molecule has 1 heterocycles. The second kappa shape index (κ2) is 1.52. The van der Waals surface area contributed by atoms with Gasteiger partial charge in [-0.05, 0) is 0 Å². The molecule has 0 amide bonds. The molecular formula is C4H5NO4. The zero-order valence-corrected chi connectivity index (χ0v) is 4.46. The molecule has 1 aliphatic rings. The van der Waals surface area contributed by atoms with Gasteiger partial charge in [0.2, 0.25) is 5.72 Å². The van der Waals surface area contributed by atoms with E-state index in [1.165, 1.54) is 0 Å². The predicted octanol–water partition coefficient (Wildman–Crippen LogP) is -1.89. The predicted molar refractivity (Wildman–Crippen MR) is 24.9 cm³/mol. The Hall–Kier alpha value is -0.940. The maximum absolute atomic E-state index is 10.3. The molecule has 0 spiro atoms. The van der Waals surface area contributed by atoms with Gasteiger partial charge in [-0.3, -0.25) is 10.5 Å². The molecule has 1 rings (SSSR count). The number of carbonyl (C=O) groups excluding carboxylic acids is 2. The van der Waals surface area contributed by atoms with Crippen LogP contribution in [0.2, 0.25) is 0 Å². The fourth-order valence-corrected chi connectivity index (χ4v) is 0.520. The number of aliphatic hydroxyl groups is 1. The summed E-state index contributed by atoms with van der Waals surface area (Å²) in [6, 6.07) is 0. The highest BCUT2D eigenvalue weighted by Gasteiger charge is 2.44. The molecule has 0 radical (unpaired) electrons. The van der Waals surface area contributed by atoms with Crippen LogP contribution in [0.25, 0.3) is 0 Å². The van der Waals surface area contributed by atoms with Gasteiger partial charge in [-0.1, -0.05) is 0 Å². The summed E-state index contributed by atoms with van der Waals surface area (Å²) in [5.74, 6) is -1.86. The van der Waals surface area contributed by atoms with Crippen LogP contribution < -0.4 is 5.73 Å². The van der Waals surface area contributed by atoms with Crippen molar-refractivity contribution in [2.75, 3.05) is 0 Å². The second-order valence-corrected chi connectivity index (χ2v) is 1.86. The largest absolute Gasteiger partial charge is 0.390 e. The first-order valence-electron chi connectivity index (χ1n) is 2.29. The summed E-state index contributed by atoms with van der Waals surface area (Å²) in [6.07, 6.45) is -0.453. The summed E-state index contributed by atoms with van der Waals surface area (Å²) in [5.41, 5.74) is 2.79. The molecule has 1 unspecified atom stereocenters. The van der Waals surface area contributed by atoms with Crippen LogP contribution in [0.5, 0.6) is 0 Å². The van der Waals surface area contributed by atoms with Crippen molar-refractivity contribution < 1.29 is 19.4 Å². The van der Waals surface area contributed by atoms with Crippen LogP contribution in [0.1, 0.15) is 6.42 Å². The summed E-state index contributed by atoms with van der Waals surface area (Å²) in [6.45, 7) is 0. The van der Waals surface area contributed by atoms with Gasteiger partial charge in [-0.2, -0.15) is 0 Å². The number of rotatable bonds is 0. The van der Waals surface area contributed by atoms with Crippen molar-refractivity contribution >= 4 is 11.9 Å². The van der Waals surface area contributed by atoms with E-state index in [4.69, 9.17) is 10.8 Å². The molecule has 1 aliphatic heterocycles. The SMILES string of the molecule is NC1(O)CC(=O)OC1=O. The highest BCUT2D eigenvalue weighted by atomic mass is 16.6. The van der Waals surface area contributed by atoms with Crippen molar-refractivity contribution in [1.29, 1.82) is 0 Å². The monoisotopic (exact) mass is 131 g/mol. The van der Waals surface area contributed by atoms with E-state index in [0.29, 0.717) is 0 Å². The first-order valence-corrected chi connectivity index (χ1v) is 2.29. The molecule has 0 aromatic carbocycles. The van der Waals surface area contributed by atoms with Crippen molar-refractivity contribution in [1.82, 2.24) is 0 Å². The van der Waals surface area contributed by atoms with E-state index in [0.717, 1.165) is 0 Å². The lowest BCUT2D eigenvalue weighted by molar-refractivity contribution is -0.158.